The molecule has 0 heterocycles. The number of carbonyl (C=O) groups excluding carboxylic acids is 1. The predicted octanol–water partition coefficient (Wildman–Crippen LogP) is 15.6. The van der Waals surface area contributed by atoms with Gasteiger partial charge in [0.1, 0.15) is 6.10 Å². The first-order valence-corrected chi connectivity index (χ1v) is 23.6. The molecule has 0 bridgehead atoms. The number of esters is 1. The van der Waals surface area contributed by atoms with Gasteiger partial charge in [-0.2, -0.15) is 0 Å². The fourth-order valence-electron chi connectivity index (χ4n) is 14.3. The van der Waals surface area contributed by atoms with E-state index in [1.807, 2.05) is 5.57 Å². The molecule has 5 rings (SSSR count). The Bertz CT molecular complexity index is 1170. The average Bonchev–Trinajstić information content (AvgIpc) is 3.10. The second-order valence-electron chi connectivity index (χ2n) is 21.5. The molecule has 5 aliphatic carbocycles. The summed E-state index contributed by atoms with van der Waals surface area (Å²) in [5, 5.41) is 0. The Hall–Kier alpha value is -0.790. The van der Waals surface area contributed by atoms with Gasteiger partial charge in [-0.25, -0.2) is 0 Å². The molecule has 0 N–H and O–H groups in total. The van der Waals surface area contributed by atoms with Gasteiger partial charge in [0.15, 0.2) is 0 Å². The molecule has 0 aromatic carbocycles. The number of unbranched alkanes of at least 4 members (excludes halogenated alkanes) is 16. The summed E-state index contributed by atoms with van der Waals surface area (Å²) in [6.45, 7) is 23.2. The van der Waals surface area contributed by atoms with Gasteiger partial charge in [-0.05, 0) is 115 Å². The number of allylic oxidation sites excluding steroid dienone is 2. The summed E-state index contributed by atoms with van der Waals surface area (Å²) >= 11 is 0. The third-order valence-electron chi connectivity index (χ3n) is 18.1. The van der Waals surface area contributed by atoms with Crippen molar-refractivity contribution in [3.63, 3.8) is 0 Å². The second-order valence-corrected chi connectivity index (χ2v) is 21.5. The van der Waals surface area contributed by atoms with Crippen molar-refractivity contribution in [3.05, 3.63) is 11.6 Å². The molecule has 52 heavy (non-hydrogen) atoms. The zero-order chi connectivity index (χ0) is 37.6. The van der Waals surface area contributed by atoms with Crippen molar-refractivity contribution in [1.82, 2.24) is 0 Å². The van der Waals surface area contributed by atoms with Crippen LogP contribution < -0.4 is 0 Å². The van der Waals surface area contributed by atoms with E-state index in [1.54, 1.807) is 0 Å². The number of fused-ring (bicyclic) bond motifs is 7. The minimum Gasteiger partial charge on any atom is -0.462 e. The van der Waals surface area contributed by atoms with Gasteiger partial charge in [0.2, 0.25) is 0 Å². The van der Waals surface area contributed by atoms with Crippen LogP contribution in [0.3, 0.4) is 0 Å². The topological polar surface area (TPSA) is 26.3 Å². The van der Waals surface area contributed by atoms with Gasteiger partial charge in [0, 0.05) is 11.8 Å². The summed E-state index contributed by atoms with van der Waals surface area (Å²) in [6.07, 6.45) is 38.5. The van der Waals surface area contributed by atoms with Crippen LogP contribution in [0.25, 0.3) is 0 Å². The van der Waals surface area contributed by atoms with E-state index < -0.39 is 0 Å². The Morgan fingerprint density at radius 3 is 1.79 bits per heavy atom. The molecular formula is C50H88O2. The summed E-state index contributed by atoms with van der Waals surface area (Å²) in [4.78, 5) is 13.2. The largest absolute Gasteiger partial charge is 0.462 e. The third-order valence-corrected chi connectivity index (χ3v) is 18.1. The molecule has 0 aromatic rings. The lowest BCUT2D eigenvalue weighted by molar-refractivity contribution is -0.213. The highest BCUT2D eigenvalue weighted by molar-refractivity contribution is 5.69. The Morgan fingerprint density at radius 1 is 0.654 bits per heavy atom. The zero-order valence-electron chi connectivity index (χ0n) is 36.4. The molecule has 10 unspecified atom stereocenters. The number of hydrogen-bond donors (Lipinski definition) is 0. The molecule has 0 spiro atoms. The maximum absolute atomic E-state index is 13.2. The van der Waals surface area contributed by atoms with Gasteiger partial charge in [-0.3, -0.25) is 4.79 Å². The molecule has 10 atom stereocenters. The van der Waals surface area contributed by atoms with Crippen molar-refractivity contribution in [2.75, 3.05) is 0 Å². The van der Waals surface area contributed by atoms with Crippen LogP contribution in [0.4, 0.5) is 0 Å². The Kier molecular flexibility index (Phi) is 14.7. The molecule has 4 fully saturated rings. The fourth-order valence-corrected chi connectivity index (χ4v) is 14.3. The van der Waals surface area contributed by atoms with Crippen molar-refractivity contribution >= 4 is 5.97 Å². The maximum atomic E-state index is 13.2. The van der Waals surface area contributed by atoms with Gasteiger partial charge in [0.25, 0.3) is 0 Å². The van der Waals surface area contributed by atoms with Crippen molar-refractivity contribution in [2.24, 2.45) is 56.7 Å². The lowest BCUT2D eigenvalue weighted by Gasteiger charge is -2.71. The fraction of sp³-hybridized carbons (Fsp3) is 0.940. The summed E-state index contributed by atoms with van der Waals surface area (Å²) < 4.78 is 6.44. The van der Waals surface area contributed by atoms with E-state index in [9.17, 15) is 4.79 Å². The minimum atomic E-state index is 0.0294. The SMILES string of the molecule is CCCCCCCCCCCCCCCCCCCC(=O)OC1CCC2(C)C(CCC3(C)C2CC=C2C4C(C)C(C)CCC4(C)CCC23C)C1(C)C. The van der Waals surface area contributed by atoms with Crippen LogP contribution >= 0.6 is 0 Å². The van der Waals surface area contributed by atoms with E-state index >= 15 is 0 Å². The quantitative estimate of drug-likeness (QED) is 0.0754. The van der Waals surface area contributed by atoms with Crippen molar-refractivity contribution in [2.45, 2.75) is 242 Å². The van der Waals surface area contributed by atoms with Crippen LogP contribution in [0.2, 0.25) is 0 Å². The monoisotopic (exact) mass is 721 g/mol. The smallest absolute Gasteiger partial charge is 0.306 e. The molecule has 0 aromatic heterocycles. The van der Waals surface area contributed by atoms with Crippen LogP contribution in [-0.2, 0) is 9.53 Å². The first-order chi connectivity index (χ1) is 24.7. The van der Waals surface area contributed by atoms with Crippen molar-refractivity contribution in [3.8, 4) is 0 Å². The summed E-state index contributed by atoms with van der Waals surface area (Å²) in [5.41, 5.74) is 3.40. The first-order valence-electron chi connectivity index (χ1n) is 23.6. The van der Waals surface area contributed by atoms with Crippen LogP contribution in [0, 0.1) is 56.7 Å². The lowest BCUT2D eigenvalue weighted by Crippen LogP contribution is -2.65. The maximum Gasteiger partial charge on any atom is 0.306 e. The highest BCUT2D eigenvalue weighted by Gasteiger charge is 2.68. The van der Waals surface area contributed by atoms with E-state index in [1.165, 1.54) is 154 Å². The molecule has 4 saturated carbocycles. The Balaban J connectivity index is 1.03. The number of rotatable bonds is 19. The van der Waals surface area contributed by atoms with E-state index in [-0.39, 0.29) is 17.5 Å². The van der Waals surface area contributed by atoms with Gasteiger partial charge in [-0.1, -0.05) is 177 Å². The summed E-state index contributed by atoms with van der Waals surface area (Å²) in [6, 6.07) is 0. The van der Waals surface area contributed by atoms with Crippen molar-refractivity contribution in [1.29, 1.82) is 0 Å². The van der Waals surface area contributed by atoms with Crippen molar-refractivity contribution < 1.29 is 9.53 Å². The summed E-state index contributed by atoms with van der Waals surface area (Å²) in [5.74, 6) is 3.81. The van der Waals surface area contributed by atoms with E-state index in [2.05, 4.69) is 68.4 Å². The lowest BCUT2D eigenvalue weighted by atomic mass is 9.33. The van der Waals surface area contributed by atoms with E-state index in [0.29, 0.717) is 34.0 Å². The first kappa shape index (κ1) is 42.4. The number of carbonyl (C=O) groups is 1. The van der Waals surface area contributed by atoms with Gasteiger partial charge >= 0.3 is 5.97 Å². The zero-order valence-corrected chi connectivity index (χ0v) is 36.4. The Labute approximate surface area is 324 Å². The summed E-state index contributed by atoms with van der Waals surface area (Å²) in [7, 11) is 0. The normalized spacial score (nSPS) is 39.4. The number of ether oxygens (including phenoxy) is 1. The molecule has 0 amide bonds. The predicted molar refractivity (Wildman–Crippen MR) is 223 cm³/mol. The molecular weight excluding hydrogens is 633 g/mol. The van der Waals surface area contributed by atoms with Gasteiger partial charge in [-0.15, -0.1) is 0 Å². The molecule has 2 nitrogen and oxygen atoms in total. The minimum absolute atomic E-state index is 0.0294. The molecule has 0 aliphatic heterocycles. The third kappa shape index (κ3) is 8.62. The second kappa shape index (κ2) is 18.0. The van der Waals surface area contributed by atoms with Crippen LogP contribution in [0.1, 0.15) is 236 Å². The highest BCUT2D eigenvalue weighted by Crippen LogP contribution is 2.75. The van der Waals surface area contributed by atoms with Gasteiger partial charge < -0.3 is 4.74 Å². The standard InChI is InChI=1S/C50H88O2/c1-10-11-12-13-14-15-16-17-18-19-20-21-22-23-24-25-26-27-44(51)52-43-32-34-48(7)41(46(43,4)5)31-35-50(9)42(48)29-28-40-45-39(3)38(2)30-33-47(45,6)36-37-49(40,50)8/h28,38-39,41-43,45H,10-27,29-37H2,1-9H3. The molecule has 5 aliphatic rings. The van der Waals surface area contributed by atoms with Crippen LogP contribution in [0.5, 0.6) is 0 Å². The number of hydrogen-bond acceptors (Lipinski definition) is 2. The molecule has 0 saturated heterocycles. The average molecular weight is 721 g/mol. The van der Waals surface area contributed by atoms with E-state index in [4.69, 9.17) is 4.74 Å². The van der Waals surface area contributed by atoms with E-state index in [0.717, 1.165) is 36.5 Å². The van der Waals surface area contributed by atoms with Crippen LogP contribution in [0.15, 0.2) is 11.6 Å². The molecule has 0 radical (unpaired) electrons. The highest BCUT2D eigenvalue weighted by atomic mass is 16.5. The Morgan fingerprint density at radius 2 is 1.21 bits per heavy atom. The molecule has 2 heteroatoms. The van der Waals surface area contributed by atoms with Crippen LogP contribution in [-0.4, -0.2) is 12.1 Å². The molecule has 300 valence electrons. The van der Waals surface area contributed by atoms with Gasteiger partial charge in [0.05, 0.1) is 0 Å².